The Morgan fingerprint density at radius 2 is 2.10 bits per heavy atom. The highest BCUT2D eigenvalue weighted by Crippen LogP contribution is 2.24. The van der Waals surface area contributed by atoms with E-state index in [4.69, 9.17) is 10.5 Å². The molecule has 2 rings (SSSR count). The Hall–Kier alpha value is -1.39. The SMILES string of the molecule is COC1(C)CCCN(C(=O)Cc2ccccc2CN)C1. The van der Waals surface area contributed by atoms with E-state index >= 15 is 0 Å². The summed E-state index contributed by atoms with van der Waals surface area (Å²) in [5.41, 5.74) is 7.60. The molecule has 1 saturated heterocycles. The predicted molar refractivity (Wildman–Crippen MR) is 79.3 cm³/mol. The second-order valence-electron chi connectivity index (χ2n) is 5.72. The second kappa shape index (κ2) is 6.37. The maximum atomic E-state index is 12.5. The minimum absolute atomic E-state index is 0.161. The lowest BCUT2D eigenvalue weighted by Crippen LogP contribution is -2.50. The number of likely N-dealkylation sites (tertiary alicyclic amines) is 1. The lowest BCUT2D eigenvalue weighted by Gasteiger charge is -2.39. The molecule has 0 saturated carbocycles. The fraction of sp³-hybridized carbons (Fsp3) is 0.562. The number of carbonyl (C=O) groups is 1. The van der Waals surface area contributed by atoms with Crippen LogP contribution in [0, 0.1) is 0 Å². The molecule has 110 valence electrons. The van der Waals surface area contributed by atoms with Gasteiger partial charge in [0.2, 0.25) is 5.91 Å². The van der Waals surface area contributed by atoms with Crippen LogP contribution in [0.5, 0.6) is 0 Å². The van der Waals surface area contributed by atoms with Gasteiger partial charge in [-0.15, -0.1) is 0 Å². The van der Waals surface area contributed by atoms with E-state index in [0.717, 1.165) is 30.5 Å². The minimum atomic E-state index is -0.207. The number of nitrogens with zero attached hydrogens (tertiary/aromatic N) is 1. The van der Waals surface area contributed by atoms with E-state index < -0.39 is 0 Å². The summed E-state index contributed by atoms with van der Waals surface area (Å²) in [6, 6.07) is 7.88. The molecule has 0 bridgehead atoms. The first-order valence-electron chi connectivity index (χ1n) is 7.18. The molecular weight excluding hydrogens is 252 g/mol. The zero-order chi connectivity index (χ0) is 14.6. The van der Waals surface area contributed by atoms with Crippen molar-refractivity contribution in [2.45, 2.75) is 38.3 Å². The summed E-state index contributed by atoms with van der Waals surface area (Å²) in [6.45, 7) is 4.04. The number of hydrogen-bond acceptors (Lipinski definition) is 3. The molecule has 4 heteroatoms. The third kappa shape index (κ3) is 3.38. The van der Waals surface area contributed by atoms with Crippen LogP contribution in [0.25, 0.3) is 0 Å². The van der Waals surface area contributed by atoms with Crippen LogP contribution in [0.1, 0.15) is 30.9 Å². The number of ether oxygens (including phenoxy) is 1. The number of nitrogens with two attached hydrogens (primary N) is 1. The number of piperidine rings is 1. The summed E-state index contributed by atoms with van der Waals surface area (Å²) in [7, 11) is 1.72. The largest absolute Gasteiger partial charge is 0.377 e. The van der Waals surface area contributed by atoms with E-state index in [1.807, 2.05) is 29.2 Å². The first kappa shape index (κ1) is 15.0. The number of methoxy groups -OCH3 is 1. The summed E-state index contributed by atoms with van der Waals surface area (Å²) in [6.07, 6.45) is 2.43. The Kier molecular flexibility index (Phi) is 4.78. The molecule has 20 heavy (non-hydrogen) atoms. The molecule has 1 heterocycles. The van der Waals surface area contributed by atoms with Crippen LogP contribution in [0.4, 0.5) is 0 Å². The predicted octanol–water partition coefficient (Wildman–Crippen LogP) is 1.72. The summed E-state index contributed by atoms with van der Waals surface area (Å²) < 4.78 is 5.54. The molecule has 0 radical (unpaired) electrons. The number of carbonyl (C=O) groups excluding carboxylic acids is 1. The smallest absolute Gasteiger partial charge is 0.227 e. The Morgan fingerprint density at radius 1 is 1.40 bits per heavy atom. The molecule has 1 fully saturated rings. The third-order valence-electron chi connectivity index (χ3n) is 4.18. The highest BCUT2D eigenvalue weighted by Gasteiger charge is 2.32. The summed E-state index contributed by atoms with van der Waals surface area (Å²) in [4.78, 5) is 14.4. The molecule has 1 aromatic rings. The van der Waals surface area contributed by atoms with Crippen LogP contribution in [0.3, 0.4) is 0 Å². The minimum Gasteiger partial charge on any atom is -0.377 e. The molecule has 1 aliphatic heterocycles. The van der Waals surface area contributed by atoms with Gasteiger partial charge in [-0.25, -0.2) is 0 Å². The standard InChI is InChI=1S/C16H24N2O2/c1-16(20-2)8-5-9-18(12-16)15(19)10-13-6-3-4-7-14(13)11-17/h3-4,6-7H,5,8-12,17H2,1-2H3. The molecule has 1 aromatic carbocycles. The van der Waals surface area contributed by atoms with Gasteiger partial charge in [0, 0.05) is 26.7 Å². The summed E-state index contributed by atoms with van der Waals surface area (Å²) in [5.74, 6) is 0.161. The average Bonchev–Trinajstić information content (AvgIpc) is 2.48. The monoisotopic (exact) mass is 276 g/mol. The van der Waals surface area contributed by atoms with Crippen molar-refractivity contribution in [1.82, 2.24) is 4.90 Å². The van der Waals surface area contributed by atoms with Crippen molar-refractivity contribution in [2.75, 3.05) is 20.2 Å². The van der Waals surface area contributed by atoms with Crippen LogP contribution in [-0.2, 0) is 22.5 Å². The normalized spacial score (nSPS) is 22.9. The van der Waals surface area contributed by atoms with Crippen LogP contribution < -0.4 is 5.73 Å². The van der Waals surface area contributed by atoms with Crippen molar-refractivity contribution >= 4 is 5.91 Å². The molecule has 1 unspecified atom stereocenters. The molecule has 2 N–H and O–H groups in total. The van der Waals surface area contributed by atoms with Crippen molar-refractivity contribution in [1.29, 1.82) is 0 Å². The third-order valence-corrected chi connectivity index (χ3v) is 4.18. The van der Waals surface area contributed by atoms with Crippen molar-refractivity contribution < 1.29 is 9.53 Å². The van der Waals surface area contributed by atoms with Crippen molar-refractivity contribution in [3.05, 3.63) is 35.4 Å². The second-order valence-corrected chi connectivity index (χ2v) is 5.72. The van der Waals surface area contributed by atoms with E-state index in [1.165, 1.54) is 0 Å². The number of hydrogen-bond donors (Lipinski definition) is 1. The Balaban J connectivity index is 2.04. The van der Waals surface area contributed by atoms with Crippen LogP contribution >= 0.6 is 0 Å². The lowest BCUT2D eigenvalue weighted by atomic mass is 9.94. The summed E-state index contributed by atoms with van der Waals surface area (Å²) in [5, 5.41) is 0. The van der Waals surface area contributed by atoms with Gasteiger partial charge in [0.15, 0.2) is 0 Å². The van der Waals surface area contributed by atoms with Gasteiger partial charge >= 0.3 is 0 Å². The summed E-state index contributed by atoms with van der Waals surface area (Å²) >= 11 is 0. The first-order valence-corrected chi connectivity index (χ1v) is 7.18. The lowest BCUT2D eigenvalue weighted by molar-refractivity contribution is -0.138. The van der Waals surface area contributed by atoms with Crippen LogP contribution in [0.2, 0.25) is 0 Å². The highest BCUT2D eigenvalue weighted by atomic mass is 16.5. The van der Waals surface area contributed by atoms with Crippen molar-refractivity contribution in [3.8, 4) is 0 Å². The van der Waals surface area contributed by atoms with Crippen molar-refractivity contribution in [2.24, 2.45) is 5.73 Å². The fourth-order valence-electron chi connectivity index (χ4n) is 2.79. The molecule has 1 amide bonds. The Bertz CT molecular complexity index is 475. The van der Waals surface area contributed by atoms with Gasteiger partial charge in [0.05, 0.1) is 12.0 Å². The quantitative estimate of drug-likeness (QED) is 0.911. The molecule has 1 aliphatic rings. The number of benzene rings is 1. The Morgan fingerprint density at radius 3 is 2.75 bits per heavy atom. The zero-order valence-corrected chi connectivity index (χ0v) is 12.4. The molecule has 0 aromatic heterocycles. The fourth-order valence-corrected chi connectivity index (χ4v) is 2.79. The highest BCUT2D eigenvalue weighted by molar-refractivity contribution is 5.79. The first-order chi connectivity index (χ1) is 9.58. The molecule has 4 nitrogen and oxygen atoms in total. The maximum absolute atomic E-state index is 12.5. The van der Waals surface area contributed by atoms with E-state index in [2.05, 4.69) is 6.92 Å². The van der Waals surface area contributed by atoms with E-state index in [0.29, 0.717) is 19.5 Å². The molecule has 0 spiro atoms. The maximum Gasteiger partial charge on any atom is 0.227 e. The van der Waals surface area contributed by atoms with Gasteiger partial charge in [-0.3, -0.25) is 4.79 Å². The molecule has 1 atom stereocenters. The van der Waals surface area contributed by atoms with Crippen molar-refractivity contribution in [3.63, 3.8) is 0 Å². The van der Waals surface area contributed by atoms with E-state index in [-0.39, 0.29) is 11.5 Å². The Labute approximate surface area is 120 Å². The number of amides is 1. The number of rotatable bonds is 4. The van der Waals surface area contributed by atoms with Gasteiger partial charge in [-0.05, 0) is 30.9 Å². The van der Waals surface area contributed by atoms with Crippen LogP contribution in [0.15, 0.2) is 24.3 Å². The van der Waals surface area contributed by atoms with E-state index in [1.54, 1.807) is 7.11 Å². The van der Waals surface area contributed by atoms with Gasteiger partial charge in [0.25, 0.3) is 0 Å². The zero-order valence-electron chi connectivity index (χ0n) is 12.4. The van der Waals surface area contributed by atoms with E-state index in [9.17, 15) is 4.79 Å². The van der Waals surface area contributed by atoms with Gasteiger partial charge in [-0.2, -0.15) is 0 Å². The van der Waals surface area contributed by atoms with Gasteiger partial charge < -0.3 is 15.4 Å². The molecular formula is C16H24N2O2. The average molecular weight is 276 g/mol. The molecule has 0 aliphatic carbocycles. The van der Waals surface area contributed by atoms with Gasteiger partial charge in [-0.1, -0.05) is 24.3 Å². The van der Waals surface area contributed by atoms with Gasteiger partial charge in [0.1, 0.15) is 0 Å². The topological polar surface area (TPSA) is 55.6 Å². The van der Waals surface area contributed by atoms with Crippen LogP contribution in [-0.4, -0.2) is 36.6 Å².